The van der Waals surface area contributed by atoms with E-state index in [2.05, 4.69) is 35.9 Å². The quantitative estimate of drug-likeness (QED) is 0.130. The van der Waals surface area contributed by atoms with Gasteiger partial charge in [-0.15, -0.1) is 22.6 Å². The van der Waals surface area contributed by atoms with Gasteiger partial charge in [-0.05, 0) is 38.1 Å². The van der Waals surface area contributed by atoms with Gasteiger partial charge >= 0.3 is 12.4 Å². The van der Waals surface area contributed by atoms with Gasteiger partial charge in [-0.3, -0.25) is 9.79 Å². The highest BCUT2D eigenvalue weighted by Crippen LogP contribution is 2.32. The van der Waals surface area contributed by atoms with Crippen molar-refractivity contribution in [3.05, 3.63) is 48.4 Å². The van der Waals surface area contributed by atoms with E-state index in [4.69, 9.17) is 5.73 Å². The molecule has 12 nitrogen and oxygen atoms in total. The minimum Gasteiger partial charge on any atom is -0.384 e. The number of aliphatic imine (C=N–C) groups is 2. The topological polar surface area (TPSA) is 157 Å². The maximum atomic E-state index is 12.7. The largest absolute Gasteiger partial charge is 0.408 e. The molecule has 0 aliphatic carbocycles. The molecule has 0 unspecified atom stereocenters. The van der Waals surface area contributed by atoms with E-state index in [-0.39, 0.29) is 56.9 Å². The molecule has 0 spiro atoms. The molecular weight excluding hydrogens is 656 g/mol. The maximum Gasteiger partial charge on any atom is 0.408 e. The molecule has 0 amide bonds. The Morgan fingerprint density at radius 2 is 1.49 bits per heavy atom. The van der Waals surface area contributed by atoms with Gasteiger partial charge in [-0.25, -0.2) is 15.0 Å². The summed E-state index contributed by atoms with van der Waals surface area (Å²) in [4.78, 5) is 31.7. The van der Waals surface area contributed by atoms with Crippen molar-refractivity contribution in [2.75, 3.05) is 40.5 Å². The van der Waals surface area contributed by atoms with E-state index in [0.717, 1.165) is 24.7 Å². The lowest BCUT2D eigenvalue weighted by Crippen LogP contribution is -2.33. The molecule has 3 rings (SSSR count). The fourth-order valence-electron chi connectivity index (χ4n) is 2.64. The highest BCUT2D eigenvalue weighted by Gasteiger charge is 2.38. The number of Topliss-reactive ketones (excluding diaryl/α,β-unsaturated/α-hetero) is 1. The summed E-state index contributed by atoms with van der Waals surface area (Å²) in [5.74, 6) is 0.630. The van der Waals surface area contributed by atoms with Gasteiger partial charge in [0.1, 0.15) is 36.1 Å². The molecule has 0 radical (unpaired) electrons. The van der Waals surface area contributed by atoms with E-state index >= 15 is 0 Å². The molecule has 3 aromatic rings. The molecule has 0 bridgehead atoms. The number of nitrogen functional groups attached to an aromatic ring is 1. The lowest BCUT2D eigenvalue weighted by Gasteiger charge is -2.18. The standard InChI is InChI=1S/C13H19N5O.C10H10F3N5.C3H6F3N.2CH4.ClH/c1-17(2)9-14-8-12(19)11-6-5-7-13(16-11)15-10-18(3)4;1-6(10(11,12)13)18-5-15-17-9(18)7-3-2-4-8(14)16-7;1-2(7)3(4,5)6;;;/h5-7,9-10H,8H2,1-4H3;2-6H,1H3,(H2,14,16);2H,7H2,1H3;2*1H4;1H/t;6-;2-;;;/m.11.../s1. The number of aromatic nitrogens is 5. The van der Waals surface area contributed by atoms with Crippen molar-refractivity contribution in [2.24, 2.45) is 15.7 Å². The molecule has 0 fully saturated rings. The monoisotopic (exact) mass is 699 g/mol. The van der Waals surface area contributed by atoms with Crippen LogP contribution in [0.2, 0.25) is 0 Å². The highest BCUT2D eigenvalue weighted by molar-refractivity contribution is 5.96. The Labute approximate surface area is 277 Å². The van der Waals surface area contributed by atoms with Crippen LogP contribution < -0.4 is 11.5 Å². The summed E-state index contributed by atoms with van der Waals surface area (Å²) in [5, 5.41) is 7.15. The van der Waals surface area contributed by atoms with Crippen LogP contribution in [0.1, 0.15) is 45.2 Å². The third-order valence-electron chi connectivity index (χ3n) is 4.97. The van der Waals surface area contributed by atoms with Crippen molar-refractivity contribution < 1.29 is 31.1 Å². The summed E-state index contributed by atoms with van der Waals surface area (Å²) < 4.78 is 72.1. The molecule has 47 heavy (non-hydrogen) atoms. The Kier molecular flexibility index (Phi) is 21.5. The van der Waals surface area contributed by atoms with Crippen LogP contribution in [0.3, 0.4) is 0 Å². The molecule has 0 aliphatic rings. The van der Waals surface area contributed by atoms with E-state index in [9.17, 15) is 31.1 Å². The zero-order valence-electron chi connectivity index (χ0n) is 25.3. The second-order valence-electron chi connectivity index (χ2n) is 9.49. The number of rotatable bonds is 8. The number of nitrogens with two attached hydrogens (primary N) is 2. The zero-order chi connectivity index (χ0) is 33.7. The van der Waals surface area contributed by atoms with Gasteiger partial charge in [-0.1, -0.05) is 27.0 Å². The first-order valence-electron chi connectivity index (χ1n) is 12.7. The number of alkyl halides is 6. The van der Waals surface area contributed by atoms with Crippen molar-refractivity contribution in [1.82, 2.24) is 34.5 Å². The van der Waals surface area contributed by atoms with Crippen LogP contribution >= 0.6 is 12.4 Å². The number of hydrogen-bond donors (Lipinski definition) is 2. The number of ketones is 1. The van der Waals surface area contributed by atoms with Crippen molar-refractivity contribution in [2.45, 2.75) is 53.1 Å². The molecule has 2 atom stereocenters. The fraction of sp³-hybridized carbons (Fsp3) is 0.464. The van der Waals surface area contributed by atoms with Gasteiger partial charge in [0.05, 0.1) is 18.7 Å². The average molecular weight is 700 g/mol. The molecule has 0 saturated carbocycles. The summed E-state index contributed by atoms with van der Waals surface area (Å²) in [6.45, 7) is 2.02. The van der Waals surface area contributed by atoms with Crippen molar-refractivity contribution in [3.63, 3.8) is 0 Å². The molecule has 266 valence electrons. The van der Waals surface area contributed by atoms with Crippen LogP contribution in [0.15, 0.2) is 52.7 Å². The molecule has 19 heteroatoms. The first kappa shape index (κ1) is 47.1. The summed E-state index contributed by atoms with van der Waals surface area (Å²) in [6.07, 6.45) is -4.33. The predicted molar refractivity (Wildman–Crippen MR) is 176 cm³/mol. The number of anilines is 1. The third kappa shape index (κ3) is 17.8. The summed E-state index contributed by atoms with van der Waals surface area (Å²) in [5.41, 5.74) is 10.6. The summed E-state index contributed by atoms with van der Waals surface area (Å²) >= 11 is 0. The van der Waals surface area contributed by atoms with Crippen LogP contribution in [0, 0.1) is 0 Å². The normalized spacial score (nSPS) is 12.2. The Morgan fingerprint density at radius 1 is 0.936 bits per heavy atom. The van der Waals surface area contributed by atoms with Crippen LogP contribution in [-0.4, -0.2) is 106 Å². The molecule has 3 heterocycles. The van der Waals surface area contributed by atoms with E-state index in [0.29, 0.717) is 11.5 Å². The zero-order valence-corrected chi connectivity index (χ0v) is 26.1. The van der Waals surface area contributed by atoms with E-state index in [1.54, 1.807) is 46.7 Å². The SMILES string of the molecule is C.C.CN(C)C=NCC(=O)c1cccc(N=CN(C)C)n1.C[C@@H](N)C(F)(F)F.C[C@@H](n1cnnc1-c1cccc(N)n1)C(F)(F)F.Cl. The third-order valence-corrected chi connectivity index (χ3v) is 4.97. The minimum atomic E-state index is -4.38. The number of nitrogens with zero attached hydrogens (tertiary/aromatic N) is 9. The average Bonchev–Trinajstić information content (AvgIpc) is 3.41. The predicted octanol–water partition coefficient (Wildman–Crippen LogP) is 5.71. The van der Waals surface area contributed by atoms with Gasteiger partial charge in [0, 0.05) is 28.2 Å². The Balaban J connectivity index is -0.000000653. The maximum absolute atomic E-state index is 12.7. The summed E-state index contributed by atoms with van der Waals surface area (Å²) in [6, 6.07) is 6.41. The molecule has 0 aliphatic heterocycles. The smallest absolute Gasteiger partial charge is 0.384 e. The number of pyridine rings is 2. The van der Waals surface area contributed by atoms with Crippen molar-refractivity contribution in [3.8, 4) is 11.5 Å². The second-order valence-corrected chi connectivity index (χ2v) is 9.49. The summed E-state index contributed by atoms with van der Waals surface area (Å²) in [7, 11) is 7.44. The molecule has 0 aromatic carbocycles. The number of hydrogen-bond acceptors (Lipinski definition) is 9. The van der Waals surface area contributed by atoms with Crippen LogP contribution in [0.25, 0.3) is 11.5 Å². The van der Waals surface area contributed by atoms with Gasteiger partial charge in [0.25, 0.3) is 0 Å². The Hall–Kier alpha value is -4.32. The van der Waals surface area contributed by atoms with Crippen LogP contribution in [0.5, 0.6) is 0 Å². The van der Waals surface area contributed by atoms with Crippen molar-refractivity contribution in [1.29, 1.82) is 0 Å². The fourth-order valence-corrected chi connectivity index (χ4v) is 2.64. The van der Waals surface area contributed by atoms with Gasteiger partial charge in [-0.2, -0.15) is 26.3 Å². The number of halogens is 7. The van der Waals surface area contributed by atoms with Gasteiger partial charge < -0.3 is 25.8 Å². The Morgan fingerprint density at radius 3 is 1.98 bits per heavy atom. The first-order valence-corrected chi connectivity index (χ1v) is 12.7. The second kappa shape index (κ2) is 21.5. The van der Waals surface area contributed by atoms with Gasteiger partial charge in [0.2, 0.25) is 5.78 Å². The van der Waals surface area contributed by atoms with Gasteiger partial charge in [0.15, 0.2) is 11.6 Å². The molecule has 4 N–H and O–H groups in total. The lowest BCUT2D eigenvalue weighted by molar-refractivity contribution is -0.162. The van der Waals surface area contributed by atoms with Crippen LogP contribution in [-0.2, 0) is 0 Å². The molecule has 0 saturated heterocycles. The van der Waals surface area contributed by atoms with Crippen molar-refractivity contribution >= 4 is 42.5 Å². The van der Waals surface area contributed by atoms with E-state index in [1.807, 2.05) is 28.2 Å². The highest BCUT2D eigenvalue weighted by atomic mass is 35.5. The molecular formula is C28H44ClF6N11O. The molecule has 3 aromatic heterocycles. The van der Waals surface area contributed by atoms with Crippen LogP contribution in [0.4, 0.5) is 38.0 Å². The Bertz CT molecular complexity index is 1380. The van der Waals surface area contributed by atoms with E-state index < -0.39 is 24.4 Å². The minimum absolute atomic E-state index is 0. The number of carbonyl (C=O) groups excluding carboxylic acids is 1. The number of carbonyl (C=O) groups is 1. The lowest BCUT2D eigenvalue weighted by atomic mass is 10.2. The first-order chi connectivity index (χ1) is 20.3. The van der Waals surface area contributed by atoms with E-state index in [1.165, 1.54) is 12.1 Å².